The second-order valence-corrected chi connectivity index (χ2v) is 34.2. The van der Waals surface area contributed by atoms with E-state index < -0.39 is 0 Å². The molecule has 0 bridgehead atoms. The van der Waals surface area contributed by atoms with Gasteiger partial charge >= 0.3 is 0 Å². The molecule has 3 aromatic heterocycles. The van der Waals surface area contributed by atoms with Crippen molar-refractivity contribution < 1.29 is 13.3 Å². The molecule has 0 aliphatic heterocycles. The maximum absolute atomic E-state index is 6.59. The van der Waals surface area contributed by atoms with Gasteiger partial charge in [0, 0.05) is 37.7 Å². The highest BCUT2D eigenvalue weighted by Crippen LogP contribution is 2.52. The summed E-state index contributed by atoms with van der Waals surface area (Å²) in [6, 6.07) is 167. The quantitative estimate of drug-likeness (QED) is 0.149. The highest BCUT2D eigenvalue weighted by atomic mass is 16.3. The van der Waals surface area contributed by atoms with Gasteiger partial charge in [0.2, 0.25) is 0 Å². The Morgan fingerprint density at radius 2 is 0.341 bits per heavy atom. The number of hydrogen-bond acceptors (Lipinski definition) is 3. The van der Waals surface area contributed by atoms with Crippen molar-refractivity contribution in [3.05, 3.63) is 461 Å². The molecule has 3 heterocycles. The normalized spacial score (nSPS) is 11.9. The molecule has 0 fully saturated rings. The number of rotatable bonds is 7. The molecule has 0 spiro atoms. The Labute approximate surface area is 742 Å². The highest BCUT2D eigenvalue weighted by Gasteiger charge is 2.25. The van der Waals surface area contributed by atoms with Crippen molar-refractivity contribution in [1.29, 1.82) is 0 Å². The standard InChI is InChI=1S/C46H28O.2C40H24O/c1-2-13-32-27-44-42(26-31(32)12-1)36-24-23-33(28-43(36)47-44)30-15-9-16-34(25-30)45-38-18-5-7-20-40(38)46(41-21-8-6-19-39(41)45)37-22-10-14-29-11-3-4-17-35(29)37;1-3-13-28-25(10-1)12-9-19-31(28)39-34-17-7-5-15-32(34)38(33-16-6-8-18-35(33)39)27-21-22-30-36-23-20-26-11-2-4-14-29(26)40(36)41-37(30)24-27;1-2-12-27-23-38-36(22-26(27)11-1)30-21-20-28(24-37(30)41-38)39-32-15-5-7-17-34(32)40(35-18-8-6-16-33(35)39)31-19-9-13-25-10-3-4-14-29(25)31/h1-28H;2*1-24H. The lowest BCUT2D eigenvalue weighted by molar-refractivity contribution is 0.669. The van der Waals surface area contributed by atoms with Crippen LogP contribution in [0.1, 0.15) is 0 Å². The third-order valence-electron chi connectivity index (χ3n) is 27.1. The molecule has 3 nitrogen and oxygen atoms in total. The Balaban J connectivity index is 0.000000102. The summed E-state index contributed by atoms with van der Waals surface area (Å²) in [5.41, 5.74) is 22.8. The van der Waals surface area contributed by atoms with Crippen LogP contribution in [0.15, 0.2) is 474 Å². The fourth-order valence-electron chi connectivity index (χ4n) is 21.3. The Morgan fingerprint density at radius 1 is 0.109 bits per heavy atom. The van der Waals surface area contributed by atoms with E-state index in [0.29, 0.717) is 0 Å². The van der Waals surface area contributed by atoms with Crippen LogP contribution in [0, 0.1) is 0 Å². The number of benzene rings is 25. The molecular weight excluding hydrogens is 1560 g/mol. The van der Waals surface area contributed by atoms with E-state index in [1.54, 1.807) is 0 Å². The average molecular weight is 1640 g/mol. The summed E-state index contributed by atoms with van der Waals surface area (Å²) in [6.45, 7) is 0. The van der Waals surface area contributed by atoms with Gasteiger partial charge in [0.15, 0.2) is 0 Å². The first-order chi connectivity index (χ1) is 64.0. The molecule has 0 amide bonds. The monoisotopic (exact) mass is 1640 g/mol. The molecule has 0 saturated carbocycles. The van der Waals surface area contributed by atoms with Gasteiger partial charge in [0.25, 0.3) is 0 Å². The summed E-state index contributed by atoms with van der Waals surface area (Å²) in [4.78, 5) is 0. The first kappa shape index (κ1) is 73.5. The molecule has 0 aliphatic carbocycles. The fraction of sp³-hybridized carbons (Fsp3) is 0. The van der Waals surface area contributed by atoms with Crippen molar-refractivity contribution >= 4 is 195 Å². The smallest absolute Gasteiger partial charge is 0.143 e. The predicted molar refractivity (Wildman–Crippen MR) is 549 cm³/mol. The predicted octanol–water partition coefficient (Wildman–Crippen LogP) is 36.3. The highest BCUT2D eigenvalue weighted by molar-refractivity contribution is 6.28. The van der Waals surface area contributed by atoms with E-state index >= 15 is 0 Å². The van der Waals surface area contributed by atoms with Crippen molar-refractivity contribution in [1.82, 2.24) is 0 Å². The van der Waals surface area contributed by atoms with Gasteiger partial charge in [-0.2, -0.15) is 0 Å². The van der Waals surface area contributed by atoms with E-state index in [2.05, 4.69) is 461 Å². The summed E-state index contributed by atoms with van der Waals surface area (Å²) in [6.07, 6.45) is 0. The first-order valence-corrected chi connectivity index (χ1v) is 44.4. The van der Waals surface area contributed by atoms with Crippen LogP contribution in [0.2, 0.25) is 0 Å². The van der Waals surface area contributed by atoms with Gasteiger partial charge in [0.1, 0.15) is 33.5 Å². The maximum atomic E-state index is 6.59. The lowest BCUT2D eigenvalue weighted by Crippen LogP contribution is -1.92. The van der Waals surface area contributed by atoms with E-state index in [9.17, 15) is 0 Å². The zero-order chi connectivity index (χ0) is 84.7. The van der Waals surface area contributed by atoms with Crippen molar-refractivity contribution in [2.75, 3.05) is 0 Å². The molecule has 598 valence electrons. The molecule has 25 aromatic carbocycles. The van der Waals surface area contributed by atoms with Crippen LogP contribution in [0.5, 0.6) is 0 Å². The molecule has 0 N–H and O–H groups in total. The molecule has 0 unspecified atom stereocenters. The van der Waals surface area contributed by atoms with Gasteiger partial charge < -0.3 is 13.3 Å². The molecule has 28 rings (SSSR count). The lowest BCUT2D eigenvalue weighted by atomic mass is 9.84. The van der Waals surface area contributed by atoms with Crippen molar-refractivity contribution in [3.8, 4) is 77.9 Å². The molecule has 0 radical (unpaired) electrons. The van der Waals surface area contributed by atoms with Gasteiger partial charge in [-0.3, -0.25) is 0 Å². The van der Waals surface area contributed by atoms with Gasteiger partial charge in [0.05, 0.1) is 0 Å². The summed E-state index contributed by atoms with van der Waals surface area (Å²) in [5, 5.41) is 36.7. The summed E-state index contributed by atoms with van der Waals surface area (Å²) in [7, 11) is 0. The molecule has 28 aromatic rings. The Morgan fingerprint density at radius 3 is 0.713 bits per heavy atom. The molecular formula is C126H76O3. The lowest BCUT2D eigenvalue weighted by Gasteiger charge is -2.19. The summed E-state index contributed by atoms with van der Waals surface area (Å²) >= 11 is 0. The van der Waals surface area contributed by atoms with Crippen LogP contribution in [0.4, 0.5) is 0 Å². The van der Waals surface area contributed by atoms with Crippen molar-refractivity contribution in [3.63, 3.8) is 0 Å². The van der Waals surface area contributed by atoms with E-state index in [4.69, 9.17) is 13.3 Å². The molecule has 0 atom stereocenters. The minimum Gasteiger partial charge on any atom is -0.456 e. The van der Waals surface area contributed by atoms with Gasteiger partial charge in [-0.15, -0.1) is 0 Å². The van der Waals surface area contributed by atoms with Gasteiger partial charge in [-0.05, 0) is 275 Å². The van der Waals surface area contributed by atoms with Crippen molar-refractivity contribution in [2.24, 2.45) is 0 Å². The van der Waals surface area contributed by atoms with Gasteiger partial charge in [-0.1, -0.05) is 388 Å². The van der Waals surface area contributed by atoms with Crippen LogP contribution < -0.4 is 0 Å². The second kappa shape index (κ2) is 29.9. The topological polar surface area (TPSA) is 39.4 Å². The first-order valence-electron chi connectivity index (χ1n) is 44.4. The number of fused-ring (bicyclic) bond motifs is 22. The Kier molecular flexibility index (Phi) is 17.0. The largest absolute Gasteiger partial charge is 0.456 e. The Hall–Kier alpha value is -17.0. The number of furan rings is 3. The third kappa shape index (κ3) is 12.0. The molecule has 129 heavy (non-hydrogen) atoms. The SMILES string of the molecule is c1cc(-c2ccc3c(c2)oc2cc4ccccc4cc23)cc(-c2c3ccccc3c(-c3cccc4ccccc34)c3ccccc23)c1.c1ccc2c(-c3c4ccccc4c(-c4ccc5c(c4)oc4c6ccccc6ccc54)c4ccccc34)cccc2c1.c1ccc2cc3c(cc2c1)oc1cc(-c2c4ccccc4c(-c4cccc5ccccc45)c4ccccc24)ccc13. The van der Waals surface area contributed by atoms with E-state index in [0.717, 1.165) is 87.9 Å². The Bertz CT molecular complexity index is 9340. The average Bonchev–Trinajstić information content (AvgIpc) is 1.60. The van der Waals surface area contributed by atoms with Crippen LogP contribution in [0.3, 0.4) is 0 Å². The molecule has 0 aliphatic rings. The van der Waals surface area contributed by atoms with E-state index in [1.807, 2.05) is 0 Å². The zero-order valence-corrected chi connectivity index (χ0v) is 70.1. The van der Waals surface area contributed by atoms with Crippen LogP contribution in [0.25, 0.3) is 273 Å². The summed E-state index contributed by atoms with van der Waals surface area (Å²) < 4.78 is 19.5. The van der Waals surface area contributed by atoms with Gasteiger partial charge in [-0.25, -0.2) is 0 Å². The minimum atomic E-state index is 0.911. The van der Waals surface area contributed by atoms with Crippen LogP contribution >= 0.6 is 0 Å². The zero-order valence-electron chi connectivity index (χ0n) is 70.1. The second-order valence-electron chi connectivity index (χ2n) is 34.2. The third-order valence-corrected chi connectivity index (χ3v) is 27.1. The maximum Gasteiger partial charge on any atom is 0.143 e. The van der Waals surface area contributed by atoms with E-state index in [-0.39, 0.29) is 0 Å². The molecule has 3 heteroatoms. The molecule has 0 saturated heterocycles. The van der Waals surface area contributed by atoms with Crippen LogP contribution in [-0.2, 0) is 0 Å². The van der Waals surface area contributed by atoms with E-state index in [1.165, 1.54) is 185 Å². The fourth-order valence-corrected chi connectivity index (χ4v) is 21.3. The summed E-state index contributed by atoms with van der Waals surface area (Å²) in [5.74, 6) is 0. The van der Waals surface area contributed by atoms with Crippen LogP contribution in [-0.4, -0.2) is 0 Å². The van der Waals surface area contributed by atoms with Crippen molar-refractivity contribution in [2.45, 2.75) is 0 Å². The minimum absolute atomic E-state index is 0.911. The number of hydrogen-bond donors (Lipinski definition) is 0.